The van der Waals surface area contributed by atoms with Gasteiger partial charge in [0.15, 0.2) is 12.2 Å². The first-order valence-corrected chi connectivity index (χ1v) is 11.5. The molecular weight excluding hydrogens is 452 g/mol. The molecule has 2 aromatic carbocycles. The maximum atomic E-state index is 10.7. The van der Waals surface area contributed by atoms with Gasteiger partial charge >= 0.3 is 0 Å². The lowest BCUT2D eigenvalue weighted by Crippen LogP contribution is -2.57. The summed E-state index contributed by atoms with van der Waals surface area (Å²) in [4.78, 5) is 0. The van der Waals surface area contributed by atoms with E-state index >= 15 is 0 Å². The molecule has 0 aliphatic carbocycles. The third-order valence-electron chi connectivity index (χ3n) is 6.54. The van der Waals surface area contributed by atoms with Gasteiger partial charge in [0, 0.05) is 17.5 Å². The smallest absolute Gasteiger partial charge is 0.210 e. The summed E-state index contributed by atoms with van der Waals surface area (Å²) in [6, 6.07) is 9.66. The van der Waals surface area contributed by atoms with Crippen LogP contribution in [0, 0.1) is 0 Å². The fourth-order valence-corrected chi connectivity index (χ4v) is 4.89. The Morgan fingerprint density at radius 1 is 1.06 bits per heavy atom. The van der Waals surface area contributed by atoms with Gasteiger partial charge in [-0.15, -0.1) is 0 Å². The van der Waals surface area contributed by atoms with Crippen molar-refractivity contribution in [1.29, 1.82) is 0 Å². The Labute approximate surface area is 196 Å². The molecule has 0 bridgehead atoms. The quantitative estimate of drug-likeness (QED) is 0.449. The normalized spacial score (nSPS) is 29.3. The van der Waals surface area contributed by atoms with Gasteiger partial charge < -0.3 is 39.4 Å². The fourth-order valence-electron chi connectivity index (χ4n) is 4.60. The van der Waals surface area contributed by atoms with Gasteiger partial charge in [-0.05, 0) is 35.7 Å². The maximum absolute atomic E-state index is 10.7. The highest BCUT2D eigenvalue weighted by molar-refractivity contribution is 6.33. The predicted octanol–water partition coefficient (Wildman–Crippen LogP) is 0.670. The van der Waals surface area contributed by atoms with Crippen LogP contribution < -0.4 is 9.47 Å². The molecule has 178 valence electrons. The third kappa shape index (κ3) is 4.33. The van der Waals surface area contributed by atoms with E-state index in [0.717, 1.165) is 22.4 Å². The molecule has 9 heteroatoms. The first-order valence-electron chi connectivity index (χ1n) is 11.1. The minimum Gasteiger partial charge on any atom is -0.491 e. The Bertz CT molecular complexity index is 991. The lowest BCUT2D eigenvalue weighted by Gasteiger charge is -2.37. The summed E-state index contributed by atoms with van der Waals surface area (Å²) in [7, 11) is 0. The Hall–Kier alpha value is -1.91. The van der Waals surface area contributed by atoms with Crippen LogP contribution in [0.4, 0.5) is 0 Å². The Morgan fingerprint density at radius 2 is 1.82 bits per heavy atom. The summed E-state index contributed by atoms with van der Waals surface area (Å²) in [5.41, 5.74) is 3.35. The molecule has 5 atom stereocenters. The monoisotopic (exact) mass is 479 g/mol. The van der Waals surface area contributed by atoms with Crippen molar-refractivity contribution >= 4 is 11.6 Å². The van der Waals surface area contributed by atoms with E-state index in [0.29, 0.717) is 49.0 Å². The molecule has 5 N–H and O–H groups in total. The molecule has 2 fully saturated rings. The highest BCUT2D eigenvalue weighted by atomic mass is 35.5. The molecule has 33 heavy (non-hydrogen) atoms. The fraction of sp³-hybridized carbons (Fsp3) is 0.500. The molecule has 0 amide bonds. The van der Waals surface area contributed by atoms with Gasteiger partial charge in [0.05, 0.1) is 24.8 Å². The second kappa shape index (κ2) is 9.38. The molecule has 0 saturated carbocycles. The average molecular weight is 480 g/mol. The summed E-state index contributed by atoms with van der Waals surface area (Å²) in [6.07, 6.45) is -4.54. The van der Waals surface area contributed by atoms with Gasteiger partial charge in [-0.1, -0.05) is 23.7 Å². The van der Waals surface area contributed by atoms with Crippen LogP contribution in [0.1, 0.15) is 28.4 Å². The van der Waals surface area contributed by atoms with Gasteiger partial charge in [-0.2, -0.15) is 0 Å². The Kier molecular flexibility index (Phi) is 6.50. The molecule has 2 saturated heterocycles. The molecule has 3 heterocycles. The zero-order valence-electron chi connectivity index (χ0n) is 17.9. The molecule has 3 aliphatic heterocycles. The topological polar surface area (TPSA) is 121 Å². The highest BCUT2D eigenvalue weighted by Crippen LogP contribution is 2.44. The molecule has 0 aromatic heterocycles. The lowest BCUT2D eigenvalue weighted by atomic mass is 9.87. The molecule has 3 aliphatic rings. The highest BCUT2D eigenvalue weighted by Gasteiger charge is 2.49. The van der Waals surface area contributed by atoms with Crippen LogP contribution in [0.3, 0.4) is 0 Å². The minimum atomic E-state index is -1.42. The minimum absolute atomic E-state index is 0.101. The van der Waals surface area contributed by atoms with E-state index in [4.69, 9.17) is 25.8 Å². The van der Waals surface area contributed by atoms with Crippen molar-refractivity contribution in [3.8, 4) is 11.5 Å². The molecule has 0 unspecified atom stereocenters. The van der Waals surface area contributed by atoms with E-state index in [-0.39, 0.29) is 6.10 Å². The molecule has 8 nitrogen and oxygen atoms in total. The zero-order valence-corrected chi connectivity index (χ0v) is 18.7. The molecule has 2 aromatic rings. The van der Waals surface area contributed by atoms with Gasteiger partial charge in [0.25, 0.3) is 0 Å². The average Bonchev–Trinajstić information content (AvgIpc) is 3.29. The lowest BCUT2D eigenvalue weighted by molar-refractivity contribution is -0.305. The van der Waals surface area contributed by atoms with Crippen LogP contribution in [0.25, 0.3) is 0 Å². The van der Waals surface area contributed by atoms with E-state index in [1.54, 1.807) is 0 Å². The van der Waals surface area contributed by atoms with Crippen molar-refractivity contribution in [2.45, 2.75) is 49.5 Å². The number of aliphatic hydroxyl groups excluding tert-OH is 4. The van der Waals surface area contributed by atoms with Crippen molar-refractivity contribution in [2.75, 3.05) is 26.4 Å². The van der Waals surface area contributed by atoms with Crippen LogP contribution in [0.2, 0.25) is 5.02 Å². The van der Waals surface area contributed by atoms with E-state index in [9.17, 15) is 20.4 Å². The maximum Gasteiger partial charge on any atom is 0.210 e. The number of fused-ring (bicyclic) bond motifs is 1. The number of halogens is 1. The first-order chi connectivity index (χ1) is 16.0. The zero-order chi connectivity index (χ0) is 23.1. The van der Waals surface area contributed by atoms with Crippen molar-refractivity contribution in [1.82, 2.24) is 0 Å². The summed E-state index contributed by atoms with van der Waals surface area (Å²) in [6.45, 7) is 1.24. The summed E-state index contributed by atoms with van der Waals surface area (Å²) < 4.78 is 21.2. The van der Waals surface area contributed by atoms with E-state index < -0.39 is 37.1 Å². The summed E-state index contributed by atoms with van der Waals surface area (Å²) >= 11 is 6.70. The standard InChI is InChI=1S/C24H27ClO8/c25-19-13(7-12-1-3-14(4-2-12)32-15-10-30-11-15)8-17(16-5-6-31-23(16)19)24-22(29)21(28)20(27)18(9-26)33-24/h1-4,8,15,18,20-22,24,26-29H,5-7,9-11H2/p+1/t18-,20-,21+,22-,24+/m1/s1. The Morgan fingerprint density at radius 3 is 2.48 bits per heavy atom. The third-order valence-corrected chi connectivity index (χ3v) is 6.95. The van der Waals surface area contributed by atoms with Crippen LogP contribution in [0.15, 0.2) is 30.3 Å². The van der Waals surface area contributed by atoms with Gasteiger partial charge in [-0.3, -0.25) is 0 Å². The SMILES string of the molecule is OC[C@H]1[OH+][C@@H](c2cc(Cc3ccc(OC4COC4)cc3)c(Cl)c3c2CCO3)[C@H](O)[C@@H](O)[C@@H]1O. The molecule has 5 rings (SSSR count). The van der Waals surface area contributed by atoms with Gasteiger partial charge in [0.1, 0.15) is 30.3 Å². The van der Waals surface area contributed by atoms with E-state index in [1.165, 1.54) is 0 Å². The number of hydrogen-bond donors (Lipinski definition) is 4. The molecular formula is C24H28ClO8+. The number of ether oxygens (including phenoxy) is 4. The molecule has 0 spiro atoms. The number of benzene rings is 2. The molecule has 0 radical (unpaired) electrons. The number of rotatable bonds is 6. The van der Waals surface area contributed by atoms with Crippen molar-refractivity contribution in [3.05, 3.63) is 57.6 Å². The number of aliphatic hydroxyl groups is 6. The van der Waals surface area contributed by atoms with Gasteiger partial charge in [-0.25, -0.2) is 0 Å². The largest absolute Gasteiger partial charge is 0.491 e. The summed E-state index contributed by atoms with van der Waals surface area (Å²) in [5, 5.41) is 41.3. The van der Waals surface area contributed by atoms with E-state index in [2.05, 4.69) is 4.74 Å². The van der Waals surface area contributed by atoms with Crippen molar-refractivity contribution in [2.24, 2.45) is 0 Å². The second-order valence-electron chi connectivity index (χ2n) is 8.76. The summed E-state index contributed by atoms with van der Waals surface area (Å²) in [5.74, 6) is 1.35. The first kappa shape index (κ1) is 22.9. The van der Waals surface area contributed by atoms with Crippen molar-refractivity contribution in [3.63, 3.8) is 0 Å². The van der Waals surface area contributed by atoms with Crippen LogP contribution in [-0.2, 0) is 17.6 Å². The van der Waals surface area contributed by atoms with Crippen LogP contribution >= 0.6 is 11.6 Å². The van der Waals surface area contributed by atoms with Crippen molar-refractivity contribution < 1.29 is 39.4 Å². The second-order valence-corrected chi connectivity index (χ2v) is 9.14. The van der Waals surface area contributed by atoms with E-state index in [1.807, 2.05) is 30.3 Å². The Balaban J connectivity index is 1.44. The predicted molar refractivity (Wildman–Crippen MR) is 119 cm³/mol. The van der Waals surface area contributed by atoms with Gasteiger partial charge in [0.2, 0.25) is 12.2 Å². The number of hydrogen-bond acceptors (Lipinski definition) is 7. The van der Waals surface area contributed by atoms with Crippen LogP contribution in [-0.4, -0.2) is 82.1 Å². The van der Waals surface area contributed by atoms with Crippen LogP contribution in [0.5, 0.6) is 11.5 Å².